The largest absolute Gasteiger partial charge is 0.506 e. The van der Waals surface area contributed by atoms with Gasteiger partial charge in [0.15, 0.2) is 0 Å². The number of amides is 1. The Morgan fingerprint density at radius 3 is 2.64 bits per heavy atom. The van der Waals surface area contributed by atoms with E-state index in [1.54, 1.807) is 24.4 Å². The van der Waals surface area contributed by atoms with E-state index in [1.165, 1.54) is 6.07 Å². The second-order valence-electron chi connectivity index (χ2n) is 5.02. The van der Waals surface area contributed by atoms with E-state index in [1.807, 2.05) is 11.0 Å². The minimum Gasteiger partial charge on any atom is -0.506 e. The average molecular weight is 301 g/mol. The van der Waals surface area contributed by atoms with Crippen LogP contribution in [-0.4, -0.2) is 29.0 Å². The average Bonchev–Trinajstić information content (AvgIpc) is 2.52. The Morgan fingerprint density at radius 2 is 2.05 bits per heavy atom. The molecule has 0 heterocycles. The van der Waals surface area contributed by atoms with Gasteiger partial charge in [0.1, 0.15) is 17.4 Å². The molecule has 0 aliphatic rings. The summed E-state index contributed by atoms with van der Waals surface area (Å²) < 4.78 is 0. The maximum atomic E-state index is 12.2. The molecule has 0 spiro atoms. The summed E-state index contributed by atoms with van der Waals surface area (Å²) in [5.74, 6) is -0.536. The van der Waals surface area contributed by atoms with Gasteiger partial charge in [-0.2, -0.15) is 5.26 Å². The fourth-order valence-electron chi connectivity index (χ4n) is 1.98. The van der Waals surface area contributed by atoms with Gasteiger partial charge < -0.3 is 15.3 Å². The highest BCUT2D eigenvalue weighted by atomic mass is 16.3. The van der Waals surface area contributed by atoms with Gasteiger partial charge in [0, 0.05) is 19.3 Å². The molecule has 0 unspecified atom stereocenters. The topological polar surface area (TPSA) is 76.4 Å². The van der Waals surface area contributed by atoms with Gasteiger partial charge in [0.2, 0.25) is 0 Å². The monoisotopic (exact) mass is 301 g/mol. The molecule has 1 rings (SSSR count). The first-order chi connectivity index (χ1) is 10.6. The van der Waals surface area contributed by atoms with Crippen LogP contribution in [0.1, 0.15) is 33.1 Å². The maximum absolute atomic E-state index is 12.2. The van der Waals surface area contributed by atoms with Gasteiger partial charge in [-0.1, -0.05) is 32.4 Å². The van der Waals surface area contributed by atoms with E-state index >= 15 is 0 Å². The van der Waals surface area contributed by atoms with Crippen molar-refractivity contribution in [3.63, 3.8) is 0 Å². The zero-order valence-electron chi connectivity index (χ0n) is 13.2. The maximum Gasteiger partial charge on any atom is 0.267 e. The normalized spacial score (nSPS) is 10.9. The number of nitriles is 1. The van der Waals surface area contributed by atoms with Gasteiger partial charge in [-0.05, 0) is 25.0 Å². The molecule has 118 valence electrons. The molecule has 5 heteroatoms. The Kier molecular flexibility index (Phi) is 7.55. The van der Waals surface area contributed by atoms with Crippen molar-refractivity contribution < 1.29 is 9.90 Å². The molecule has 1 aromatic rings. The van der Waals surface area contributed by atoms with Crippen LogP contribution in [0.3, 0.4) is 0 Å². The van der Waals surface area contributed by atoms with E-state index in [0.717, 1.165) is 32.4 Å². The molecule has 22 heavy (non-hydrogen) atoms. The number of phenols is 1. The summed E-state index contributed by atoms with van der Waals surface area (Å²) in [7, 11) is 0. The van der Waals surface area contributed by atoms with E-state index < -0.39 is 5.91 Å². The predicted molar refractivity (Wildman–Crippen MR) is 87.2 cm³/mol. The van der Waals surface area contributed by atoms with Crippen molar-refractivity contribution >= 4 is 11.6 Å². The number of hydrogen-bond donors (Lipinski definition) is 2. The van der Waals surface area contributed by atoms with Crippen LogP contribution < -0.4 is 5.32 Å². The molecule has 0 radical (unpaired) electrons. The summed E-state index contributed by atoms with van der Waals surface area (Å²) in [5.41, 5.74) is 0.331. The zero-order valence-corrected chi connectivity index (χ0v) is 13.2. The molecule has 0 aliphatic heterocycles. The Bertz CT molecular complexity index is 561. The van der Waals surface area contributed by atoms with Crippen LogP contribution in [0.4, 0.5) is 5.69 Å². The molecule has 5 nitrogen and oxygen atoms in total. The number of phenolic OH excluding ortho intramolecular Hbond substituents is 1. The molecule has 0 aliphatic carbocycles. The molecule has 0 fully saturated rings. The first-order valence-corrected chi connectivity index (χ1v) is 7.57. The Balaban J connectivity index is 2.84. The van der Waals surface area contributed by atoms with Crippen molar-refractivity contribution in [3.05, 3.63) is 36.0 Å². The fourth-order valence-corrected chi connectivity index (χ4v) is 1.98. The van der Waals surface area contributed by atoms with Gasteiger partial charge >= 0.3 is 0 Å². The van der Waals surface area contributed by atoms with E-state index in [-0.39, 0.29) is 11.3 Å². The van der Waals surface area contributed by atoms with E-state index in [2.05, 4.69) is 19.2 Å². The highest BCUT2D eigenvalue weighted by Gasteiger charge is 2.13. The molecule has 0 saturated heterocycles. The zero-order chi connectivity index (χ0) is 16.4. The number of carbonyl (C=O) groups is 1. The highest BCUT2D eigenvalue weighted by Crippen LogP contribution is 2.22. The lowest BCUT2D eigenvalue weighted by molar-refractivity contribution is -0.112. The molecule has 2 N–H and O–H groups in total. The summed E-state index contributed by atoms with van der Waals surface area (Å²) in [6.07, 6.45) is 4.62. The number of aromatic hydroxyl groups is 1. The minimum atomic E-state index is -0.512. The Morgan fingerprint density at radius 1 is 1.32 bits per heavy atom. The summed E-state index contributed by atoms with van der Waals surface area (Å²) in [4.78, 5) is 14.2. The molecular weight excluding hydrogens is 278 g/mol. The number of para-hydroxylation sites is 2. The minimum absolute atomic E-state index is 0.0236. The van der Waals surface area contributed by atoms with Crippen LogP contribution in [0.15, 0.2) is 36.0 Å². The van der Waals surface area contributed by atoms with Crippen molar-refractivity contribution in [1.82, 2.24) is 4.90 Å². The van der Waals surface area contributed by atoms with Crippen LogP contribution >= 0.6 is 0 Å². The van der Waals surface area contributed by atoms with E-state index in [9.17, 15) is 15.2 Å². The van der Waals surface area contributed by atoms with Gasteiger partial charge in [-0.15, -0.1) is 0 Å². The SMILES string of the molecule is CCCCN(/C=C(/C#N)C(=O)Nc1ccccc1O)CCC. The van der Waals surface area contributed by atoms with Gasteiger partial charge in [0.05, 0.1) is 5.69 Å². The van der Waals surface area contributed by atoms with Crippen molar-refractivity contribution in [1.29, 1.82) is 5.26 Å². The van der Waals surface area contributed by atoms with Gasteiger partial charge in [-0.3, -0.25) is 4.79 Å². The molecule has 0 saturated carbocycles. The summed E-state index contributed by atoms with van der Waals surface area (Å²) in [6, 6.07) is 8.37. The molecule has 1 aromatic carbocycles. The third-order valence-electron chi connectivity index (χ3n) is 3.14. The van der Waals surface area contributed by atoms with Crippen molar-refractivity contribution in [3.8, 4) is 11.8 Å². The van der Waals surface area contributed by atoms with Gasteiger partial charge in [0.25, 0.3) is 5.91 Å². The quantitative estimate of drug-likeness (QED) is 0.439. The molecule has 1 amide bonds. The first kappa shape index (κ1) is 17.6. The number of carbonyl (C=O) groups excluding carboxylic acids is 1. The molecule has 0 aromatic heterocycles. The van der Waals surface area contributed by atoms with Crippen LogP contribution in [0, 0.1) is 11.3 Å². The molecule has 0 bridgehead atoms. The number of hydrogen-bond acceptors (Lipinski definition) is 4. The Labute approximate surface area is 131 Å². The first-order valence-electron chi connectivity index (χ1n) is 7.57. The highest BCUT2D eigenvalue weighted by molar-refractivity contribution is 6.07. The fraction of sp³-hybridized carbons (Fsp3) is 0.412. The van der Waals surface area contributed by atoms with E-state index in [0.29, 0.717) is 5.69 Å². The van der Waals surface area contributed by atoms with Crippen molar-refractivity contribution in [2.24, 2.45) is 0 Å². The van der Waals surface area contributed by atoms with Crippen molar-refractivity contribution in [2.45, 2.75) is 33.1 Å². The second kappa shape index (κ2) is 9.46. The standard InChI is InChI=1S/C17H23N3O2/c1-3-5-11-20(10-4-2)13-14(12-18)17(22)19-15-8-6-7-9-16(15)21/h6-9,13,21H,3-5,10-11H2,1-2H3,(H,19,22)/b14-13-. The molecule has 0 atom stereocenters. The van der Waals surface area contributed by atoms with Gasteiger partial charge in [-0.25, -0.2) is 0 Å². The van der Waals surface area contributed by atoms with Crippen LogP contribution in [0.25, 0.3) is 0 Å². The third-order valence-corrected chi connectivity index (χ3v) is 3.14. The van der Waals surface area contributed by atoms with Crippen LogP contribution in [0.2, 0.25) is 0 Å². The number of unbranched alkanes of at least 4 members (excludes halogenated alkanes) is 1. The lowest BCUT2D eigenvalue weighted by Crippen LogP contribution is -2.23. The summed E-state index contributed by atoms with van der Waals surface area (Å²) >= 11 is 0. The molecular formula is C17H23N3O2. The number of anilines is 1. The van der Waals surface area contributed by atoms with Crippen molar-refractivity contribution in [2.75, 3.05) is 18.4 Å². The summed E-state index contributed by atoms with van der Waals surface area (Å²) in [6.45, 7) is 5.78. The lowest BCUT2D eigenvalue weighted by atomic mass is 10.2. The van der Waals surface area contributed by atoms with Crippen LogP contribution in [0.5, 0.6) is 5.75 Å². The number of nitrogens with one attached hydrogen (secondary N) is 1. The smallest absolute Gasteiger partial charge is 0.267 e. The number of nitrogens with zero attached hydrogens (tertiary/aromatic N) is 2. The summed E-state index contributed by atoms with van der Waals surface area (Å²) in [5, 5.41) is 21.4. The third kappa shape index (κ3) is 5.49. The van der Waals surface area contributed by atoms with E-state index in [4.69, 9.17) is 0 Å². The number of benzene rings is 1. The number of rotatable bonds is 8. The Hall–Kier alpha value is -2.48. The van der Waals surface area contributed by atoms with Crippen LogP contribution in [-0.2, 0) is 4.79 Å². The predicted octanol–water partition coefficient (Wildman–Crippen LogP) is 3.25. The second-order valence-corrected chi connectivity index (χ2v) is 5.02. The lowest BCUT2D eigenvalue weighted by Gasteiger charge is -2.19.